The van der Waals surface area contributed by atoms with E-state index in [0.29, 0.717) is 0 Å². The average molecular weight is 626 g/mol. The maximum Gasteiger partial charge on any atom is 0.698 e. The van der Waals surface area contributed by atoms with Crippen LogP contribution in [0.4, 0.5) is 16.0 Å². The van der Waals surface area contributed by atoms with Crippen molar-refractivity contribution in [3.05, 3.63) is 25.3 Å². The number of imidazole rings is 2. The second-order valence-electron chi connectivity index (χ2n) is 9.41. The summed E-state index contributed by atoms with van der Waals surface area (Å²) in [4.78, 5) is 24.3. The molecule has 3 aliphatic heterocycles. The number of anilines is 2. The number of rotatable bonds is 2. The maximum atomic E-state index is 15.8. The first-order valence-corrected chi connectivity index (χ1v) is 14.5. The number of hydrogen-bond donors (Lipinski definition) is 3. The number of aromatic nitrogens is 8. The summed E-state index contributed by atoms with van der Waals surface area (Å²) < 4.78 is 77.6. The van der Waals surface area contributed by atoms with Crippen molar-refractivity contribution in [2.24, 2.45) is 0 Å². The Labute approximate surface area is 235 Å². The molecule has 4 aromatic rings. The molecule has 4 aromatic heterocycles. The van der Waals surface area contributed by atoms with Gasteiger partial charge >= 0.3 is 16.5 Å². The van der Waals surface area contributed by atoms with Crippen molar-refractivity contribution < 1.29 is 46.2 Å². The van der Waals surface area contributed by atoms with Crippen molar-refractivity contribution in [1.29, 1.82) is 0 Å². The molecule has 0 radical (unpaired) electrons. The van der Waals surface area contributed by atoms with Crippen LogP contribution in [-0.2, 0) is 36.7 Å². The molecular formula is C20H21FN10O9P2+2. The highest BCUT2D eigenvalue weighted by atomic mass is 31.1. The molecule has 0 saturated carbocycles. The van der Waals surface area contributed by atoms with Gasteiger partial charge in [0.1, 0.15) is 55.2 Å². The van der Waals surface area contributed by atoms with E-state index < -0.39 is 78.9 Å². The molecule has 2 bridgehead atoms. The first kappa shape index (κ1) is 27.4. The van der Waals surface area contributed by atoms with E-state index in [1.807, 2.05) is 0 Å². The summed E-state index contributed by atoms with van der Waals surface area (Å²) >= 11 is 0. The van der Waals surface area contributed by atoms with Crippen molar-refractivity contribution >= 4 is 50.5 Å². The highest BCUT2D eigenvalue weighted by Gasteiger charge is 2.56. The number of aliphatic hydroxyl groups excluding tert-OH is 1. The molecule has 5 N–H and O–H groups in total. The molecule has 3 saturated heterocycles. The zero-order valence-corrected chi connectivity index (χ0v) is 22.8. The molecule has 2 unspecified atom stereocenters. The van der Waals surface area contributed by atoms with Crippen LogP contribution in [0, 0.1) is 0 Å². The third-order valence-electron chi connectivity index (χ3n) is 7.01. The van der Waals surface area contributed by atoms with Crippen molar-refractivity contribution in [2.75, 3.05) is 24.7 Å². The van der Waals surface area contributed by atoms with E-state index in [0.717, 1.165) is 0 Å². The molecule has 0 aliphatic carbocycles. The summed E-state index contributed by atoms with van der Waals surface area (Å²) in [5, 5.41) is 11.0. The Hall–Kier alpha value is -3.45. The minimum absolute atomic E-state index is 0.0804. The first-order valence-electron chi connectivity index (χ1n) is 12.3. The average Bonchev–Trinajstić information content (AvgIpc) is 3.73. The Morgan fingerprint density at radius 2 is 1.31 bits per heavy atom. The van der Waals surface area contributed by atoms with E-state index in [1.165, 1.54) is 34.4 Å². The molecule has 3 fully saturated rings. The Morgan fingerprint density at radius 1 is 0.786 bits per heavy atom. The maximum absolute atomic E-state index is 15.8. The molecular weight excluding hydrogens is 605 g/mol. The third-order valence-corrected chi connectivity index (χ3v) is 8.56. The molecule has 10 atom stereocenters. The minimum atomic E-state index is -2.96. The molecule has 7 heterocycles. The highest BCUT2D eigenvalue weighted by Crippen LogP contribution is 2.45. The highest BCUT2D eigenvalue weighted by molar-refractivity contribution is 7.33. The number of nitrogens with zero attached hydrogens (tertiary/aromatic N) is 8. The fourth-order valence-corrected chi connectivity index (χ4v) is 6.55. The van der Waals surface area contributed by atoms with E-state index in [2.05, 4.69) is 29.9 Å². The van der Waals surface area contributed by atoms with Crippen LogP contribution in [-0.4, -0.2) is 94.0 Å². The summed E-state index contributed by atoms with van der Waals surface area (Å²) in [6.45, 7) is -0.978. The SMILES string of the molecule is Nc1ncnc2c1ncn2[C@@H]1O[C@@H]2CO[P+](=O)O[C@@H]3[C@H](O)[C@@H](CO[P+](=O)O[C@H]2[C@H]1F)O[C@H]3n1cnc2c(N)ncnc21. The molecule has 0 spiro atoms. The fraction of sp³-hybridized carbons (Fsp3) is 0.500. The van der Waals surface area contributed by atoms with E-state index in [-0.39, 0.29) is 34.0 Å². The largest absolute Gasteiger partial charge is 0.698 e. The molecule has 220 valence electrons. The van der Waals surface area contributed by atoms with Gasteiger partial charge in [-0.05, 0) is 0 Å². The van der Waals surface area contributed by atoms with Gasteiger partial charge in [0.25, 0.3) is 0 Å². The number of alkyl halides is 1. The van der Waals surface area contributed by atoms with Crippen LogP contribution < -0.4 is 11.5 Å². The zero-order chi connectivity index (χ0) is 29.1. The van der Waals surface area contributed by atoms with E-state index in [1.54, 1.807) is 0 Å². The van der Waals surface area contributed by atoms with E-state index in [4.69, 9.17) is 39.0 Å². The molecule has 7 rings (SSSR count). The van der Waals surface area contributed by atoms with Crippen LogP contribution in [0.2, 0.25) is 0 Å². The lowest BCUT2D eigenvalue weighted by Crippen LogP contribution is -2.34. The van der Waals surface area contributed by atoms with Gasteiger partial charge in [0, 0.05) is 9.13 Å². The van der Waals surface area contributed by atoms with Crippen molar-refractivity contribution in [1.82, 2.24) is 39.0 Å². The smallest absolute Gasteiger partial charge is 0.387 e. The molecule has 0 aromatic carbocycles. The lowest BCUT2D eigenvalue weighted by Gasteiger charge is -2.17. The zero-order valence-electron chi connectivity index (χ0n) is 21.1. The van der Waals surface area contributed by atoms with Crippen LogP contribution in [0.15, 0.2) is 25.3 Å². The van der Waals surface area contributed by atoms with E-state index >= 15 is 4.39 Å². The first-order chi connectivity index (χ1) is 20.3. The van der Waals surface area contributed by atoms with Crippen LogP contribution in [0.3, 0.4) is 0 Å². The number of hydrogen-bond acceptors (Lipinski definition) is 17. The Balaban J connectivity index is 1.15. The predicted molar refractivity (Wildman–Crippen MR) is 135 cm³/mol. The summed E-state index contributed by atoms with van der Waals surface area (Å²) in [7, 11) is -5.90. The van der Waals surface area contributed by atoms with Crippen LogP contribution >= 0.6 is 16.5 Å². The lowest BCUT2D eigenvalue weighted by molar-refractivity contribution is -0.0558. The number of halogens is 1. The Bertz CT molecular complexity index is 1690. The number of aliphatic hydroxyl groups is 1. The Kier molecular flexibility index (Phi) is 6.96. The predicted octanol–water partition coefficient (Wildman–Crippen LogP) is 0.456. The van der Waals surface area contributed by atoms with Crippen molar-refractivity contribution in [3.63, 3.8) is 0 Å². The summed E-state index contributed by atoms with van der Waals surface area (Å²) in [5.74, 6) is 0.187. The second kappa shape index (κ2) is 10.7. The molecule has 42 heavy (non-hydrogen) atoms. The van der Waals surface area contributed by atoms with Gasteiger partial charge in [0.15, 0.2) is 53.8 Å². The summed E-state index contributed by atoms with van der Waals surface area (Å²) in [6, 6.07) is 0. The van der Waals surface area contributed by atoms with E-state index in [9.17, 15) is 14.2 Å². The van der Waals surface area contributed by atoms with Gasteiger partial charge in [0.2, 0.25) is 0 Å². The normalized spacial score (nSPS) is 34.2. The van der Waals surface area contributed by atoms with Gasteiger partial charge in [-0.2, -0.15) is 0 Å². The van der Waals surface area contributed by atoms with Gasteiger partial charge in [0.05, 0.1) is 12.7 Å². The van der Waals surface area contributed by atoms with Crippen molar-refractivity contribution in [2.45, 2.75) is 49.1 Å². The molecule has 19 nitrogen and oxygen atoms in total. The van der Waals surface area contributed by atoms with Gasteiger partial charge < -0.3 is 26.0 Å². The van der Waals surface area contributed by atoms with Crippen LogP contribution in [0.5, 0.6) is 0 Å². The summed E-state index contributed by atoms with van der Waals surface area (Å²) in [5.41, 5.74) is 12.6. The standard InChI is InChI=1S/C20H21FN10O9P2/c21-9-13-8(38-19(9)30-5-28-10-15(22)24-3-26-17(10)30)2-36-42(34)40-14-12(32)7(1-35-41(33)39-13)37-20(14)31-6-29-11-16(23)25-4-27-18(11)31/h3-9,12-14,19-20,32H,1-2H2,(H2,22,24,26)(H2,23,25,27)/q+2/t7-,8-,9-,12-,13-,14-,19-,20-/m1/s1. The second-order valence-corrected chi connectivity index (χ2v) is 11.2. The monoisotopic (exact) mass is 626 g/mol. The van der Waals surface area contributed by atoms with Gasteiger partial charge in [-0.25, -0.2) is 34.3 Å². The van der Waals surface area contributed by atoms with Gasteiger partial charge in [-0.1, -0.05) is 0 Å². The third kappa shape index (κ3) is 4.57. The Morgan fingerprint density at radius 3 is 1.93 bits per heavy atom. The minimum Gasteiger partial charge on any atom is -0.387 e. The molecule has 3 aliphatic rings. The number of nitrogens with two attached hydrogens (primary N) is 2. The lowest BCUT2D eigenvalue weighted by atomic mass is 10.1. The van der Waals surface area contributed by atoms with Crippen molar-refractivity contribution in [3.8, 4) is 0 Å². The molecule has 0 amide bonds. The quantitative estimate of drug-likeness (QED) is 0.256. The fourth-order valence-electron chi connectivity index (χ4n) is 5.01. The van der Waals surface area contributed by atoms with Crippen LogP contribution in [0.25, 0.3) is 22.3 Å². The number of nitrogen functional groups attached to an aromatic ring is 2. The van der Waals surface area contributed by atoms with Gasteiger partial charge in [-0.15, -0.1) is 18.1 Å². The van der Waals surface area contributed by atoms with Gasteiger partial charge in [-0.3, -0.25) is 9.13 Å². The van der Waals surface area contributed by atoms with Crippen LogP contribution in [0.1, 0.15) is 12.5 Å². The number of ether oxygens (including phenoxy) is 2. The summed E-state index contributed by atoms with van der Waals surface area (Å²) in [6.07, 6.45) is -5.99. The number of fused-ring (bicyclic) bond motifs is 5. The topological polar surface area (TPSA) is 249 Å². The molecule has 22 heteroatoms.